The van der Waals surface area contributed by atoms with E-state index in [2.05, 4.69) is 16.4 Å². The maximum Gasteiger partial charge on any atom is 0.261 e. The Balaban J connectivity index is 1.67. The van der Waals surface area contributed by atoms with Crippen LogP contribution in [0.2, 0.25) is 0 Å². The van der Waals surface area contributed by atoms with Crippen molar-refractivity contribution in [3.05, 3.63) is 81.5 Å². The van der Waals surface area contributed by atoms with Gasteiger partial charge in [0.05, 0.1) is 12.7 Å². The molecule has 1 aliphatic rings. The van der Waals surface area contributed by atoms with Crippen LogP contribution in [0.25, 0.3) is 11.0 Å². The van der Waals surface area contributed by atoms with Crippen molar-refractivity contribution >= 4 is 38.9 Å². The number of halogens is 1. The molecule has 2 aromatic heterocycles. The van der Waals surface area contributed by atoms with Crippen molar-refractivity contribution < 1.29 is 18.3 Å². The molecule has 0 aliphatic heterocycles. The minimum atomic E-state index is -0.460. The Kier molecular flexibility index (Phi) is 5.86. The first-order valence-corrected chi connectivity index (χ1v) is 11.7. The van der Waals surface area contributed by atoms with E-state index in [9.17, 15) is 14.4 Å². The maximum atomic E-state index is 13.3. The number of anilines is 1. The standard InChI is InChI=1S/C26H20FN3O3S/c1-32-18-10-11-22-15(12-18)13-20(24(31)29-17-8-6-16(27)7-9-17)25(33-22)30-26-21(14-28)19-4-2-3-5-23(19)34-26/h6-13H,2-5H2,1H3,(H,29,31). The topological polar surface area (TPSA) is 87.6 Å². The molecule has 4 aromatic rings. The van der Waals surface area contributed by atoms with E-state index < -0.39 is 11.7 Å². The summed E-state index contributed by atoms with van der Waals surface area (Å²) in [5, 5.41) is 13.8. The minimum Gasteiger partial charge on any atom is -0.497 e. The van der Waals surface area contributed by atoms with E-state index in [1.54, 1.807) is 31.4 Å². The zero-order valence-electron chi connectivity index (χ0n) is 18.4. The van der Waals surface area contributed by atoms with Crippen molar-refractivity contribution in [3.63, 3.8) is 0 Å². The molecule has 8 heteroatoms. The monoisotopic (exact) mass is 473 g/mol. The molecule has 170 valence electrons. The summed E-state index contributed by atoms with van der Waals surface area (Å²) in [6, 6.07) is 14.7. The van der Waals surface area contributed by atoms with E-state index in [1.165, 1.54) is 40.5 Å². The fourth-order valence-corrected chi connectivity index (χ4v) is 5.26. The summed E-state index contributed by atoms with van der Waals surface area (Å²) in [5.41, 5.74) is 2.87. The summed E-state index contributed by atoms with van der Waals surface area (Å²) in [4.78, 5) is 19.1. The molecule has 0 unspecified atom stereocenters. The molecule has 0 fully saturated rings. The van der Waals surface area contributed by atoms with Crippen LogP contribution < -0.4 is 15.6 Å². The van der Waals surface area contributed by atoms with Gasteiger partial charge in [-0.2, -0.15) is 5.26 Å². The van der Waals surface area contributed by atoms with Gasteiger partial charge in [-0.3, -0.25) is 4.79 Å². The van der Waals surface area contributed by atoms with Gasteiger partial charge in [0.15, 0.2) is 0 Å². The molecular weight excluding hydrogens is 453 g/mol. The number of hydrogen-bond acceptors (Lipinski definition) is 6. The number of rotatable bonds is 4. The van der Waals surface area contributed by atoms with Crippen LogP contribution in [0, 0.1) is 17.1 Å². The van der Waals surface area contributed by atoms with Crippen LogP contribution in [-0.2, 0) is 12.8 Å². The van der Waals surface area contributed by atoms with Crippen molar-refractivity contribution in [2.24, 2.45) is 4.99 Å². The first kappa shape index (κ1) is 21.9. The summed E-state index contributed by atoms with van der Waals surface area (Å²) in [6.45, 7) is 0. The average Bonchev–Trinajstić information content (AvgIpc) is 3.21. The van der Waals surface area contributed by atoms with Crippen LogP contribution in [0.1, 0.15) is 39.2 Å². The fourth-order valence-electron chi connectivity index (χ4n) is 4.05. The van der Waals surface area contributed by atoms with Gasteiger partial charge in [0.25, 0.3) is 5.91 Å². The lowest BCUT2D eigenvalue weighted by molar-refractivity contribution is 0.102. The molecule has 1 amide bonds. The minimum absolute atomic E-state index is 0.104. The number of thiophene rings is 1. The second-order valence-corrected chi connectivity index (χ2v) is 9.03. The Hall–Kier alpha value is -3.96. The Morgan fingerprint density at radius 1 is 1.18 bits per heavy atom. The van der Waals surface area contributed by atoms with Gasteiger partial charge in [0, 0.05) is 16.0 Å². The van der Waals surface area contributed by atoms with E-state index in [1.807, 2.05) is 0 Å². The molecule has 1 N–H and O–H groups in total. The average molecular weight is 474 g/mol. The summed E-state index contributed by atoms with van der Waals surface area (Å²) in [5.74, 6) is -0.235. The van der Waals surface area contributed by atoms with Crippen LogP contribution in [0.15, 0.2) is 57.9 Å². The van der Waals surface area contributed by atoms with E-state index in [0.717, 1.165) is 31.2 Å². The molecule has 2 aromatic carbocycles. The van der Waals surface area contributed by atoms with Gasteiger partial charge in [0.2, 0.25) is 5.55 Å². The van der Waals surface area contributed by atoms with Gasteiger partial charge in [0.1, 0.15) is 33.8 Å². The van der Waals surface area contributed by atoms with Crippen LogP contribution in [0.4, 0.5) is 15.1 Å². The van der Waals surface area contributed by atoms with Crippen molar-refractivity contribution in [1.29, 1.82) is 5.26 Å². The number of nitrogens with one attached hydrogen (secondary N) is 1. The summed E-state index contributed by atoms with van der Waals surface area (Å²) < 4.78 is 24.6. The van der Waals surface area contributed by atoms with Gasteiger partial charge in [-0.15, -0.1) is 11.3 Å². The van der Waals surface area contributed by atoms with E-state index in [4.69, 9.17) is 9.15 Å². The third-order valence-electron chi connectivity index (χ3n) is 5.77. The van der Waals surface area contributed by atoms with Gasteiger partial charge in [-0.25, -0.2) is 9.38 Å². The third-order valence-corrected chi connectivity index (χ3v) is 6.95. The molecule has 0 saturated carbocycles. The van der Waals surface area contributed by atoms with E-state index in [0.29, 0.717) is 33.0 Å². The lowest BCUT2D eigenvalue weighted by Crippen LogP contribution is -2.21. The lowest BCUT2D eigenvalue weighted by atomic mass is 9.96. The van der Waals surface area contributed by atoms with Gasteiger partial charge < -0.3 is 14.5 Å². The summed E-state index contributed by atoms with van der Waals surface area (Å²) in [7, 11) is 1.56. The number of hydrogen-bond donors (Lipinski definition) is 1. The number of carbonyl (C=O) groups is 1. The SMILES string of the molecule is COc1ccc2oc(=Nc3sc4c(c3C#N)CCCC4)c(C(=O)Nc3ccc(F)cc3)cc2c1. The highest BCUT2D eigenvalue weighted by Crippen LogP contribution is 2.39. The van der Waals surface area contributed by atoms with Crippen molar-refractivity contribution in [1.82, 2.24) is 0 Å². The van der Waals surface area contributed by atoms with E-state index >= 15 is 0 Å². The molecular formula is C26H20FN3O3S. The van der Waals surface area contributed by atoms with Crippen LogP contribution in [0.3, 0.4) is 0 Å². The molecule has 0 radical (unpaired) electrons. The Labute approximate surface area is 198 Å². The number of amides is 1. The zero-order chi connectivity index (χ0) is 23.7. The number of methoxy groups -OCH3 is 1. The van der Waals surface area contributed by atoms with E-state index in [-0.39, 0.29) is 11.1 Å². The molecule has 2 heterocycles. The highest BCUT2D eigenvalue weighted by molar-refractivity contribution is 7.16. The second kappa shape index (κ2) is 9.12. The largest absolute Gasteiger partial charge is 0.497 e. The number of aryl methyl sites for hydroxylation is 1. The molecule has 0 spiro atoms. The molecule has 6 nitrogen and oxygen atoms in total. The predicted molar refractivity (Wildman–Crippen MR) is 128 cm³/mol. The molecule has 0 atom stereocenters. The fraction of sp³-hybridized carbons (Fsp3) is 0.192. The third kappa shape index (κ3) is 4.18. The molecule has 1 aliphatic carbocycles. The quantitative estimate of drug-likeness (QED) is 0.401. The van der Waals surface area contributed by atoms with Crippen LogP contribution >= 0.6 is 11.3 Å². The Morgan fingerprint density at radius 2 is 1.97 bits per heavy atom. The predicted octanol–water partition coefficient (Wildman–Crippen LogP) is 5.88. The van der Waals surface area contributed by atoms with Crippen LogP contribution in [0.5, 0.6) is 5.75 Å². The highest BCUT2D eigenvalue weighted by atomic mass is 32.1. The van der Waals surface area contributed by atoms with Gasteiger partial charge in [-0.05, 0) is 79.8 Å². The normalized spacial score (nSPS) is 13.4. The number of nitriles is 1. The Bertz CT molecular complexity index is 1510. The van der Waals surface area contributed by atoms with Crippen molar-refractivity contribution in [2.45, 2.75) is 25.7 Å². The number of benzene rings is 2. The summed E-state index contributed by atoms with van der Waals surface area (Å²) in [6.07, 6.45) is 3.92. The first-order valence-electron chi connectivity index (χ1n) is 10.8. The highest BCUT2D eigenvalue weighted by Gasteiger charge is 2.21. The van der Waals surface area contributed by atoms with Crippen molar-refractivity contribution in [3.8, 4) is 11.8 Å². The maximum absolute atomic E-state index is 13.3. The van der Waals surface area contributed by atoms with Gasteiger partial charge in [-0.1, -0.05) is 0 Å². The summed E-state index contributed by atoms with van der Waals surface area (Å²) >= 11 is 1.48. The number of nitrogens with zero attached hydrogens (tertiary/aromatic N) is 2. The second-order valence-electron chi connectivity index (χ2n) is 7.94. The Morgan fingerprint density at radius 3 is 2.74 bits per heavy atom. The molecule has 0 saturated heterocycles. The zero-order valence-corrected chi connectivity index (χ0v) is 19.2. The molecule has 34 heavy (non-hydrogen) atoms. The molecule has 0 bridgehead atoms. The van der Waals surface area contributed by atoms with Gasteiger partial charge >= 0.3 is 0 Å². The first-order chi connectivity index (χ1) is 16.6. The number of ether oxygens (including phenoxy) is 1. The molecule has 5 rings (SSSR count). The van der Waals surface area contributed by atoms with Crippen LogP contribution in [-0.4, -0.2) is 13.0 Å². The smallest absolute Gasteiger partial charge is 0.261 e. The lowest BCUT2D eigenvalue weighted by Gasteiger charge is -2.09. The number of fused-ring (bicyclic) bond motifs is 2. The number of carbonyl (C=O) groups excluding carboxylic acids is 1. The van der Waals surface area contributed by atoms with Crippen molar-refractivity contribution in [2.75, 3.05) is 12.4 Å².